The minimum absolute atomic E-state index is 0.0546. The summed E-state index contributed by atoms with van der Waals surface area (Å²) in [6, 6.07) is 7.14. The molecule has 0 radical (unpaired) electrons. The van der Waals surface area contributed by atoms with Gasteiger partial charge in [0.15, 0.2) is 0 Å². The molecule has 0 aromatic heterocycles. The normalized spacial score (nSPS) is 19.4. The number of nitrogens with one attached hydrogen (secondary N) is 1. The summed E-state index contributed by atoms with van der Waals surface area (Å²) in [6.07, 6.45) is 1.86. The molecule has 1 N–H and O–H groups in total. The van der Waals surface area contributed by atoms with Gasteiger partial charge in [-0.25, -0.2) is 8.42 Å². The van der Waals surface area contributed by atoms with E-state index in [1.807, 2.05) is 31.2 Å². The number of benzene rings is 1. The summed E-state index contributed by atoms with van der Waals surface area (Å²) in [7, 11) is -3.35. The molecule has 6 heteroatoms. The zero-order valence-corrected chi connectivity index (χ0v) is 15.8. The van der Waals surface area contributed by atoms with E-state index in [0.29, 0.717) is 25.1 Å². The monoisotopic (exact) mass is 352 g/mol. The third kappa shape index (κ3) is 4.36. The molecule has 1 aromatic carbocycles. The van der Waals surface area contributed by atoms with Gasteiger partial charge in [0.25, 0.3) is 0 Å². The van der Waals surface area contributed by atoms with Crippen molar-refractivity contribution >= 4 is 21.6 Å². The van der Waals surface area contributed by atoms with Gasteiger partial charge in [0.1, 0.15) is 6.04 Å². The lowest BCUT2D eigenvalue weighted by Gasteiger charge is -2.23. The molecule has 0 bridgehead atoms. The summed E-state index contributed by atoms with van der Waals surface area (Å²) in [6.45, 7) is 8.67. The molecule has 5 nitrogen and oxygen atoms in total. The first-order valence-electron chi connectivity index (χ1n) is 8.56. The molecule has 0 spiro atoms. The van der Waals surface area contributed by atoms with Gasteiger partial charge in [-0.3, -0.25) is 4.79 Å². The molecule has 24 heavy (non-hydrogen) atoms. The molecule has 0 saturated carbocycles. The summed E-state index contributed by atoms with van der Waals surface area (Å²) < 4.78 is 26.0. The van der Waals surface area contributed by atoms with Crippen molar-refractivity contribution in [2.24, 2.45) is 0 Å². The molecule has 1 heterocycles. The molecule has 1 atom stereocenters. The number of carbonyl (C=O) groups excluding carboxylic acids is 1. The third-order valence-electron chi connectivity index (χ3n) is 4.34. The summed E-state index contributed by atoms with van der Waals surface area (Å²) in [5, 5.41) is 2.86. The van der Waals surface area contributed by atoms with Crippen LogP contribution in [0.4, 0.5) is 5.69 Å². The number of hydrogen-bond acceptors (Lipinski definition) is 3. The highest BCUT2D eigenvalue weighted by atomic mass is 32.2. The zero-order chi connectivity index (χ0) is 18.0. The fourth-order valence-corrected chi connectivity index (χ4v) is 4.74. The SMILES string of the molecule is CCCS(=O)(=O)N1CCCC1C(=O)Nc1ccc(C(C)(C)C)cc1. The van der Waals surface area contributed by atoms with E-state index in [1.165, 1.54) is 9.87 Å². The number of amides is 1. The second kappa shape index (κ2) is 7.23. The van der Waals surface area contributed by atoms with E-state index in [0.717, 1.165) is 6.42 Å². The first-order valence-corrected chi connectivity index (χ1v) is 10.2. The molecule has 1 unspecified atom stereocenters. The average Bonchev–Trinajstić information content (AvgIpc) is 2.97. The number of rotatable bonds is 5. The lowest BCUT2D eigenvalue weighted by atomic mass is 9.87. The average molecular weight is 353 g/mol. The highest BCUT2D eigenvalue weighted by molar-refractivity contribution is 7.89. The number of hydrogen-bond donors (Lipinski definition) is 1. The second-order valence-electron chi connectivity index (χ2n) is 7.40. The molecule has 1 aliphatic rings. The fraction of sp³-hybridized carbons (Fsp3) is 0.611. The first kappa shape index (κ1) is 18.9. The van der Waals surface area contributed by atoms with Gasteiger partial charge in [0, 0.05) is 12.2 Å². The van der Waals surface area contributed by atoms with E-state index in [2.05, 4.69) is 26.1 Å². The Kier molecular flexibility index (Phi) is 5.71. The maximum atomic E-state index is 12.5. The number of nitrogens with zero attached hydrogens (tertiary/aromatic N) is 1. The minimum Gasteiger partial charge on any atom is -0.325 e. The Balaban J connectivity index is 2.09. The lowest BCUT2D eigenvalue weighted by Crippen LogP contribution is -2.44. The Bertz CT molecular complexity index is 675. The van der Waals surface area contributed by atoms with E-state index >= 15 is 0 Å². The van der Waals surface area contributed by atoms with Crippen LogP contribution < -0.4 is 5.32 Å². The van der Waals surface area contributed by atoms with Crippen LogP contribution in [0.3, 0.4) is 0 Å². The van der Waals surface area contributed by atoms with E-state index < -0.39 is 16.1 Å². The predicted molar refractivity (Wildman–Crippen MR) is 97.6 cm³/mol. The largest absolute Gasteiger partial charge is 0.325 e. The van der Waals surface area contributed by atoms with E-state index in [4.69, 9.17) is 0 Å². The molecule has 1 amide bonds. The summed E-state index contributed by atoms with van der Waals surface area (Å²) in [5.41, 5.74) is 1.94. The van der Waals surface area contributed by atoms with Crippen LogP contribution in [-0.2, 0) is 20.2 Å². The molecule has 1 aliphatic heterocycles. The van der Waals surface area contributed by atoms with Crippen LogP contribution in [0.5, 0.6) is 0 Å². The highest BCUT2D eigenvalue weighted by Crippen LogP contribution is 2.25. The minimum atomic E-state index is -3.35. The fourth-order valence-electron chi connectivity index (χ4n) is 2.99. The Labute approximate surface area is 145 Å². The van der Waals surface area contributed by atoms with Crippen molar-refractivity contribution in [2.75, 3.05) is 17.6 Å². The highest BCUT2D eigenvalue weighted by Gasteiger charge is 2.38. The van der Waals surface area contributed by atoms with Crippen LogP contribution >= 0.6 is 0 Å². The Morgan fingerprint density at radius 3 is 2.42 bits per heavy atom. The molecule has 1 fully saturated rings. The maximum absolute atomic E-state index is 12.5. The van der Waals surface area contributed by atoms with Gasteiger partial charge in [-0.05, 0) is 42.4 Å². The molecule has 1 saturated heterocycles. The number of sulfonamides is 1. The zero-order valence-electron chi connectivity index (χ0n) is 15.0. The van der Waals surface area contributed by atoms with Gasteiger partial charge < -0.3 is 5.32 Å². The van der Waals surface area contributed by atoms with Crippen LogP contribution in [0, 0.1) is 0 Å². The van der Waals surface area contributed by atoms with Crippen LogP contribution in [0.25, 0.3) is 0 Å². The number of anilines is 1. The van der Waals surface area contributed by atoms with E-state index in [9.17, 15) is 13.2 Å². The topological polar surface area (TPSA) is 66.5 Å². The Morgan fingerprint density at radius 1 is 1.25 bits per heavy atom. The third-order valence-corrected chi connectivity index (χ3v) is 6.42. The Morgan fingerprint density at radius 2 is 1.88 bits per heavy atom. The van der Waals surface area contributed by atoms with Gasteiger partial charge in [0.2, 0.25) is 15.9 Å². The molecular weight excluding hydrogens is 324 g/mol. The van der Waals surface area contributed by atoms with Crippen LogP contribution in [0.15, 0.2) is 24.3 Å². The van der Waals surface area contributed by atoms with Crippen LogP contribution in [-0.4, -0.2) is 37.0 Å². The molecule has 134 valence electrons. The summed E-state index contributed by atoms with van der Waals surface area (Å²) in [4.78, 5) is 12.5. The van der Waals surface area contributed by atoms with Crippen molar-refractivity contribution in [3.63, 3.8) is 0 Å². The van der Waals surface area contributed by atoms with Crippen molar-refractivity contribution in [1.82, 2.24) is 4.31 Å². The van der Waals surface area contributed by atoms with Gasteiger partial charge >= 0.3 is 0 Å². The molecular formula is C18H28N2O3S. The van der Waals surface area contributed by atoms with Crippen molar-refractivity contribution in [3.8, 4) is 0 Å². The first-order chi connectivity index (χ1) is 11.1. The smallest absolute Gasteiger partial charge is 0.242 e. The maximum Gasteiger partial charge on any atom is 0.242 e. The van der Waals surface area contributed by atoms with Gasteiger partial charge in [-0.15, -0.1) is 0 Å². The van der Waals surface area contributed by atoms with E-state index in [-0.39, 0.29) is 17.1 Å². The molecule has 0 aliphatic carbocycles. The van der Waals surface area contributed by atoms with Gasteiger partial charge in [-0.1, -0.05) is 39.8 Å². The van der Waals surface area contributed by atoms with E-state index in [1.54, 1.807) is 0 Å². The van der Waals surface area contributed by atoms with Crippen molar-refractivity contribution in [3.05, 3.63) is 29.8 Å². The second-order valence-corrected chi connectivity index (χ2v) is 9.44. The number of carbonyl (C=O) groups is 1. The lowest BCUT2D eigenvalue weighted by molar-refractivity contribution is -0.119. The van der Waals surface area contributed by atoms with Gasteiger partial charge in [-0.2, -0.15) is 4.31 Å². The van der Waals surface area contributed by atoms with Crippen LogP contribution in [0.1, 0.15) is 52.5 Å². The summed E-state index contributed by atoms with van der Waals surface area (Å²) in [5.74, 6) is -0.146. The van der Waals surface area contributed by atoms with Gasteiger partial charge in [0.05, 0.1) is 5.75 Å². The van der Waals surface area contributed by atoms with Crippen molar-refractivity contribution < 1.29 is 13.2 Å². The molecule has 1 aromatic rings. The Hall–Kier alpha value is -1.40. The standard InChI is InChI=1S/C18H28N2O3S/c1-5-13-24(22,23)20-12-6-7-16(20)17(21)19-15-10-8-14(9-11-15)18(2,3)4/h8-11,16H,5-7,12-13H2,1-4H3,(H,19,21). The van der Waals surface area contributed by atoms with Crippen molar-refractivity contribution in [2.45, 2.75) is 58.4 Å². The quantitative estimate of drug-likeness (QED) is 0.885. The summed E-state index contributed by atoms with van der Waals surface area (Å²) >= 11 is 0. The molecule has 2 rings (SSSR count). The van der Waals surface area contributed by atoms with Crippen molar-refractivity contribution in [1.29, 1.82) is 0 Å². The predicted octanol–water partition coefficient (Wildman–Crippen LogP) is 3.13. The van der Waals surface area contributed by atoms with Crippen LogP contribution in [0.2, 0.25) is 0 Å².